The molecule has 3 atom stereocenters. The summed E-state index contributed by atoms with van der Waals surface area (Å²) in [6.07, 6.45) is 3.40. The fourth-order valence-corrected chi connectivity index (χ4v) is 6.32. The molecular formula is C30H35Cl2N3O4. The number of ether oxygens (including phenoxy) is 1. The number of ketones is 1. The fourth-order valence-electron chi connectivity index (χ4n) is 6.01. The van der Waals surface area contributed by atoms with Crippen LogP contribution in [0, 0.1) is 12.3 Å². The minimum atomic E-state index is -1.33. The number of carbonyl (C=O) groups excluding carboxylic acids is 3. The average molecular weight is 573 g/mol. The van der Waals surface area contributed by atoms with Gasteiger partial charge in [-0.1, -0.05) is 53.9 Å². The highest BCUT2D eigenvalue weighted by atomic mass is 35.5. The predicted octanol–water partition coefficient (Wildman–Crippen LogP) is 5.61. The summed E-state index contributed by atoms with van der Waals surface area (Å²) < 4.78 is 5.75. The summed E-state index contributed by atoms with van der Waals surface area (Å²) in [5, 5.41) is 4.14. The minimum Gasteiger partial charge on any atom is -0.410 e. The maximum Gasteiger partial charge on any atom is 0.415 e. The zero-order valence-electron chi connectivity index (χ0n) is 22.6. The average Bonchev–Trinajstić information content (AvgIpc) is 3.53. The number of likely N-dealkylation sites (tertiary alicyclic amines) is 1. The topological polar surface area (TPSA) is 79.0 Å². The van der Waals surface area contributed by atoms with Gasteiger partial charge >= 0.3 is 6.09 Å². The lowest BCUT2D eigenvalue weighted by Gasteiger charge is -2.46. The van der Waals surface area contributed by atoms with Crippen molar-refractivity contribution >= 4 is 41.0 Å². The van der Waals surface area contributed by atoms with E-state index >= 15 is 0 Å². The first-order valence-corrected chi connectivity index (χ1v) is 14.4. The van der Waals surface area contributed by atoms with Gasteiger partial charge in [0, 0.05) is 38.0 Å². The van der Waals surface area contributed by atoms with E-state index in [9.17, 15) is 14.4 Å². The van der Waals surface area contributed by atoms with Crippen molar-refractivity contribution in [1.82, 2.24) is 15.1 Å². The molecule has 3 aliphatic rings. The van der Waals surface area contributed by atoms with Crippen LogP contribution in [-0.2, 0) is 9.59 Å². The van der Waals surface area contributed by atoms with Gasteiger partial charge in [-0.25, -0.2) is 4.79 Å². The zero-order valence-corrected chi connectivity index (χ0v) is 24.1. The number of nitrogens with one attached hydrogen (secondary N) is 1. The van der Waals surface area contributed by atoms with Crippen LogP contribution in [0.4, 0.5) is 4.79 Å². The van der Waals surface area contributed by atoms with Crippen LogP contribution in [0.15, 0.2) is 42.5 Å². The Hall–Kier alpha value is -2.61. The number of amides is 2. The highest BCUT2D eigenvalue weighted by molar-refractivity contribution is 6.42. The molecule has 0 spiro atoms. The number of nitrogens with zero attached hydrogens (tertiary/aromatic N) is 2. The molecule has 2 saturated heterocycles. The third-order valence-corrected chi connectivity index (χ3v) is 9.53. The van der Waals surface area contributed by atoms with Gasteiger partial charge in [0.25, 0.3) is 5.91 Å². The number of rotatable bonds is 6. The monoisotopic (exact) mass is 571 g/mol. The number of likely N-dealkylation sites (N-methyl/N-ethyl adjacent to an activating group) is 1. The molecular weight excluding hydrogens is 537 g/mol. The molecule has 9 heteroatoms. The molecule has 39 heavy (non-hydrogen) atoms. The summed E-state index contributed by atoms with van der Waals surface area (Å²) in [5.74, 6) is -0.156. The van der Waals surface area contributed by atoms with E-state index in [1.165, 1.54) is 4.90 Å². The van der Waals surface area contributed by atoms with Crippen molar-refractivity contribution < 1.29 is 19.1 Å². The van der Waals surface area contributed by atoms with E-state index in [0.717, 1.165) is 36.8 Å². The van der Waals surface area contributed by atoms with E-state index in [0.29, 0.717) is 35.3 Å². The van der Waals surface area contributed by atoms with E-state index < -0.39 is 23.6 Å². The SMILES string of the molecule is Cc1ccc(OC(=O)N(C)[C@@]2(C(=O)N3CCCCC3C(=O)C3(C)CC3)CNC[C@@H]2c2ccc(Cl)c(Cl)c2)cc1. The standard InChI is InChI=1S/C30H35Cl2N3O4/c1-19-7-10-21(11-8-19)39-28(38)34(3)30(18-33-17-22(30)20-9-12-23(31)24(32)16-20)27(37)35-15-5-4-6-25(35)26(36)29(2)13-14-29/h7-12,16,22,25,33H,4-6,13-15,17-18H2,1-3H3/t22-,25?,30+/m1/s1. The molecule has 2 amide bonds. The normalized spacial score (nSPS) is 25.7. The lowest BCUT2D eigenvalue weighted by atomic mass is 9.78. The van der Waals surface area contributed by atoms with Gasteiger partial charge in [0.1, 0.15) is 11.3 Å². The highest BCUT2D eigenvalue weighted by Crippen LogP contribution is 2.49. The molecule has 0 bridgehead atoms. The number of aryl methyl sites for hydroxylation is 1. The van der Waals surface area contributed by atoms with Crippen molar-refractivity contribution in [3.8, 4) is 5.75 Å². The van der Waals surface area contributed by atoms with Crippen LogP contribution >= 0.6 is 23.2 Å². The summed E-state index contributed by atoms with van der Waals surface area (Å²) in [4.78, 5) is 45.2. The van der Waals surface area contributed by atoms with E-state index in [1.54, 1.807) is 36.2 Å². The van der Waals surface area contributed by atoms with Crippen molar-refractivity contribution in [2.24, 2.45) is 5.41 Å². The molecule has 208 valence electrons. The Balaban J connectivity index is 1.54. The molecule has 7 nitrogen and oxygen atoms in total. The van der Waals surface area contributed by atoms with Crippen molar-refractivity contribution in [1.29, 1.82) is 0 Å². The van der Waals surface area contributed by atoms with Crippen LogP contribution in [-0.4, -0.2) is 65.8 Å². The number of hydrogen-bond acceptors (Lipinski definition) is 5. The van der Waals surface area contributed by atoms with Crippen molar-refractivity contribution in [3.63, 3.8) is 0 Å². The second kappa shape index (κ2) is 10.8. The molecule has 0 aromatic heterocycles. The number of carbonyl (C=O) groups is 3. The van der Waals surface area contributed by atoms with E-state index in [-0.39, 0.29) is 23.7 Å². The molecule has 0 radical (unpaired) electrons. The second-order valence-electron chi connectivity index (χ2n) is 11.5. The van der Waals surface area contributed by atoms with Gasteiger partial charge < -0.3 is 15.0 Å². The quantitative estimate of drug-likeness (QED) is 0.487. The van der Waals surface area contributed by atoms with Gasteiger partial charge in [-0.15, -0.1) is 0 Å². The van der Waals surface area contributed by atoms with Crippen LogP contribution in [0.2, 0.25) is 10.0 Å². The molecule has 1 unspecified atom stereocenters. The first-order chi connectivity index (χ1) is 18.6. The van der Waals surface area contributed by atoms with Gasteiger partial charge in [0.05, 0.1) is 16.1 Å². The Morgan fingerprint density at radius 3 is 2.44 bits per heavy atom. The van der Waals surface area contributed by atoms with Crippen molar-refractivity contribution in [2.75, 3.05) is 26.7 Å². The predicted molar refractivity (Wildman–Crippen MR) is 151 cm³/mol. The molecule has 1 saturated carbocycles. The number of piperidine rings is 1. The maximum absolute atomic E-state index is 14.8. The second-order valence-corrected chi connectivity index (χ2v) is 12.3. The Bertz CT molecular complexity index is 1280. The summed E-state index contributed by atoms with van der Waals surface area (Å²) >= 11 is 12.6. The summed E-state index contributed by atoms with van der Waals surface area (Å²) in [6.45, 7) is 5.07. The Labute approximate surface area is 239 Å². The molecule has 2 aromatic carbocycles. The Morgan fingerprint density at radius 1 is 1.05 bits per heavy atom. The number of hydrogen-bond donors (Lipinski definition) is 1. The van der Waals surface area contributed by atoms with Crippen LogP contribution in [0.5, 0.6) is 5.75 Å². The van der Waals surface area contributed by atoms with Crippen LogP contribution < -0.4 is 10.1 Å². The Kier molecular flexibility index (Phi) is 7.70. The van der Waals surface area contributed by atoms with Gasteiger partial charge in [0.2, 0.25) is 0 Å². The molecule has 5 rings (SSSR count). The third-order valence-electron chi connectivity index (χ3n) is 8.80. The summed E-state index contributed by atoms with van der Waals surface area (Å²) in [5.41, 5.74) is 0.131. The third kappa shape index (κ3) is 5.17. The maximum atomic E-state index is 14.8. The van der Waals surface area contributed by atoms with Crippen LogP contribution in [0.3, 0.4) is 0 Å². The Morgan fingerprint density at radius 2 is 1.77 bits per heavy atom. The molecule has 3 fully saturated rings. The lowest BCUT2D eigenvalue weighted by Crippen LogP contribution is -2.67. The zero-order chi connectivity index (χ0) is 27.9. The number of benzene rings is 2. The summed E-state index contributed by atoms with van der Waals surface area (Å²) in [7, 11) is 1.61. The molecule has 1 aliphatic carbocycles. The smallest absolute Gasteiger partial charge is 0.410 e. The first-order valence-electron chi connectivity index (χ1n) is 13.6. The molecule has 2 aromatic rings. The van der Waals surface area contributed by atoms with Crippen LogP contribution in [0.1, 0.15) is 56.1 Å². The summed E-state index contributed by atoms with van der Waals surface area (Å²) in [6, 6.07) is 12.0. The van der Waals surface area contributed by atoms with Crippen LogP contribution in [0.25, 0.3) is 0 Å². The van der Waals surface area contributed by atoms with E-state index in [2.05, 4.69) is 5.32 Å². The minimum absolute atomic E-state index is 0.132. The molecule has 1 N–H and O–H groups in total. The largest absolute Gasteiger partial charge is 0.415 e. The van der Waals surface area contributed by atoms with Crippen molar-refractivity contribution in [3.05, 3.63) is 63.6 Å². The van der Waals surface area contributed by atoms with Crippen molar-refractivity contribution in [2.45, 2.75) is 63.5 Å². The molecule has 2 aliphatic heterocycles. The van der Waals surface area contributed by atoms with Gasteiger partial charge in [0.15, 0.2) is 5.78 Å². The van der Waals surface area contributed by atoms with E-state index in [4.69, 9.17) is 27.9 Å². The van der Waals surface area contributed by atoms with Gasteiger partial charge in [-0.05, 0) is 68.9 Å². The number of Topliss-reactive ketones (excluding diaryl/α,β-unsaturated/α-hetero) is 1. The highest BCUT2D eigenvalue weighted by Gasteiger charge is 2.59. The first kappa shape index (κ1) is 27.9. The van der Waals surface area contributed by atoms with E-state index in [1.807, 2.05) is 32.0 Å². The van der Waals surface area contributed by atoms with Gasteiger partial charge in [-0.3, -0.25) is 14.5 Å². The number of halogens is 2. The lowest BCUT2D eigenvalue weighted by molar-refractivity contribution is -0.151. The van der Waals surface area contributed by atoms with Gasteiger partial charge in [-0.2, -0.15) is 0 Å². The molecule has 2 heterocycles. The fraction of sp³-hybridized carbons (Fsp3) is 0.500.